The second-order valence-electron chi connectivity index (χ2n) is 5.37. The summed E-state index contributed by atoms with van der Waals surface area (Å²) in [4.78, 5) is 26.9. The van der Waals surface area contributed by atoms with Gasteiger partial charge in [0.25, 0.3) is 0 Å². The van der Waals surface area contributed by atoms with Crippen molar-refractivity contribution in [3.8, 4) is 5.75 Å². The highest BCUT2D eigenvalue weighted by molar-refractivity contribution is 5.99. The minimum absolute atomic E-state index is 0.0206. The van der Waals surface area contributed by atoms with Gasteiger partial charge in [-0.2, -0.15) is 0 Å². The smallest absolute Gasteiger partial charge is 0.248 e. The molecule has 2 atom stereocenters. The van der Waals surface area contributed by atoms with Crippen LogP contribution in [-0.4, -0.2) is 36.2 Å². The number of rotatable bonds is 5. The fourth-order valence-corrected chi connectivity index (χ4v) is 2.65. The van der Waals surface area contributed by atoms with Crippen LogP contribution in [0.5, 0.6) is 5.75 Å². The van der Waals surface area contributed by atoms with Crippen molar-refractivity contribution >= 4 is 22.6 Å². The summed E-state index contributed by atoms with van der Waals surface area (Å²) in [7, 11) is 1.52. The number of ether oxygens (including phenoxy) is 2. The molecule has 0 spiro atoms. The fraction of sp³-hybridized carbons (Fsp3) is 0.312. The van der Waals surface area contributed by atoms with Gasteiger partial charge in [0.2, 0.25) is 18.1 Å². The first kappa shape index (κ1) is 15.2. The van der Waals surface area contributed by atoms with Crippen molar-refractivity contribution in [3.63, 3.8) is 0 Å². The number of nitrogens with zero attached hydrogens (tertiary/aromatic N) is 1. The lowest BCUT2D eigenvalue weighted by atomic mass is 10.1. The summed E-state index contributed by atoms with van der Waals surface area (Å²) in [6.07, 6.45) is 3.68. The minimum atomic E-state index is -0.633. The zero-order chi connectivity index (χ0) is 16.4. The Kier molecular flexibility index (Phi) is 4.12. The van der Waals surface area contributed by atoms with Crippen molar-refractivity contribution in [2.45, 2.75) is 25.2 Å². The second-order valence-corrected chi connectivity index (χ2v) is 5.37. The van der Waals surface area contributed by atoms with E-state index in [4.69, 9.17) is 15.2 Å². The molecule has 1 aliphatic heterocycles. The molecule has 0 saturated carbocycles. The number of methoxy groups -OCH3 is 1. The van der Waals surface area contributed by atoms with Crippen LogP contribution in [0.25, 0.3) is 10.8 Å². The molecule has 1 aromatic carbocycles. The lowest BCUT2D eigenvalue weighted by Crippen LogP contribution is -2.41. The monoisotopic (exact) mass is 315 g/mol. The van der Waals surface area contributed by atoms with E-state index in [1.54, 1.807) is 30.6 Å². The summed E-state index contributed by atoms with van der Waals surface area (Å²) in [5, 5.41) is 4.35. The number of pyridine rings is 1. The number of hydrogen-bond donors (Lipinski definition) is 2. The van der Waals surface area contributed by atoms with E-state index in [2.05, 4.69) is 10.3 Å². The van der Waals surface area contributed by atoms with Crippen LogP contribution in [0.3, 0.4) is 0 Å². The zero-order valence-corrected chi connectivity index (χ0v) is 12.6. The Balaban J connectivity index is 1.93. The van der Waals surface area contributed by atoms with Crippen LogP contribution in [0, 0.1) is 0 Å². The fourth-order valence-electron chi connectivity index (χ4n) is 2.65. The third-order valence-corrected chi connectivity index (χ3v) is 3.84. The second kappa shape index (κ2) is 6.21. The molecule has 7 nitrogen and oxygen atoms in total. The molecule has 1 saturated heterocycles. The van der Waals surface area contributed by atoms with E-state index in [0.717, 1.165) is 5.39 Å². The number of hydrogen-bond acceptors (Lipinski definition) is 5. The zero-order valence-electron chi connectivity index (χ0n) is 12.6. The Morgan fingerprint density at radius 3 is 2.91 bits per heavy atom. The Bertz CT molecular complexity index is 762. The van der Waals surface area contributed by atoms with E-state index in [9.17, 15) is 9.59 Å². The molecular weight excluding hydrogens is 298 g/mol. The molecule has 7 heteroatoms. The van der Waals surface area contributed by atoms with E-state index in [1.807, 2.05) is 0 Å². The van der Waals surface area contributed by atoms with Gasteiger partial charge in [-0.25, -0.2) is 0 Å². The minimum Gasteiger partial charge on any atom is -0.460 e. The van der Waals surface area contributed by atoms with Crippen LogP contribution >= 0.6 is 0 Å². The number of aromatic nitrogens is 1. The molecule has 1 aliphatic rings. The molecular formula is C16H17N3O4. The van der Waals surface area contributed by atoms with E-state index in [-0.39, 0.29) is 11.9 Å². The number of fused-ring (bicyclic) bond motifs is 1. The topological polar surface area (TPSA) is 104 Å². The predicted molar refractivity (Wildman–Crippen MR) is 82.9 cm³/mol. The molecule has 0 bridgehead atoms. The Morgan fingerprint density at radius 1 is 1.43 bits per heavy atom. The molecule has 1 fully saturated rings. The number of carbonyl (C=O) groups is 2. The maximum Gasteiger partial charge on any atom is 0.248 e. The summed E-state index contributed by atoms with van der Waals surface area (Å²) in [5.41, 5.74) is 5.72. The molecule has 120 valence electrons. The van der Waals surface area contributed by atoms with Crippen LogP contribution < -0.4 is 15.8 Å². The number of nitrogens with one attached hydrogen (secondary N) is 1. The van der Waals surface area contributed by atoms with Gasteiger partial charge in [0.15, 0.2) is 0 Å². The average Bonchev–Trinajstić information content (AvgIpc) is 2.98. The number of benzene rings is 1. The van der Waals surface area contributed by atoms with E-state index >= 15 is 0 Å². The Hall–Kier alpha value is -2.67. The first-order valence-electron chi connectivity index (χ1n) is 7.25. The number of amides is 2. The maximum atomic E-state index is 11.4. The third-order valence-electron chi connectivity index (χ3n) is 3.84. The van der Waals surface area contributed by atoms with Gasteiger partial charge in [-0.05, 0) is 18.6 Å². The van der Waals surface area contributed by atoms with Gasteiger partial charge in [0.05, 0.1) is 12.2 Å². The highest BCUT2D eigenvalue weighted by Crippen LogP contribution is 2.27. The predicted octanol–water partition coefficient (Wildman–Crippen LogP) is 0.964. The molecule has 1 aromatic heterocycles. The van der Waals surface area contributed by atoms with Gasteiger partial charge in [-0.3, -0.25) is 14.6 Å². The molecule has 3 N–H and O–H groups in total. The lowest BCUT2D eigenvalue weighted by molar-refractivity contribution is -0.121. The summed E-state index contributed by atoms with van der Waals surface area (Å²) in [5.74, 6) is -0.0627. The van der Waals surface area contributed by atoms with Gasteiger partial charge >= 0.3 is 0 Å². The summed E-state index contributed by atoms with van der Waals surface area (Å²) >= 11 is 0. The van der Waals surface area contributed by atoms with Gasteiger partial charge in [0, 0.05) is 36.1 Å². The number of nitrogens with two attached hydrogens (primary N) is 1. The normalized spacial score (nSPS) is 18.7. The van der Waals surface area contributed by atoms with Crippen LogP contribution in [0.15, 0.2) is 30.6 Å². The van der Waals surface area contributed by atoms with Crippen LogP contribution in [0.1, 0.15) is 23.2 Å². The van der Waals surface area contributed by atoms with E-state index in [0.29, 0.717) is 29.5 Å². The number of primary amides is 1. The maximum absolute atomic E-state index is 11.4. The van der Waals surface area contributed by atoms with Crippen molar-refractivity contribution in [1.82, 2.24) is 10.3 Å². The van der Waals surface area contributed by atoms with Gasteiger partial charge in [0.1, 0.15) is 5.75 Å². The van der Waals surface area contributed by atoms with E-state index < -0.39 is 12.2 Å². The molecule has 3 rings (SSSR count). The molecule has 2 amide bonds. The van der Waals surface area contributed by atoms with Gasteiger partial charge < -0.3 is 20.5 Å². The van der Waals surface area contributed by atoms with Gasteiger partial charge in [-0.15, -0.1) is 0 Å². The van der Waals surface area contributed by atoms with Crippen LogP contribution in [-0.2, 0) is 9.53 Å². The largest absolute Gasteiger partial charge is 0.460 e. The molecule has 0 aliphatic carbocycles. The van der Waals surface area contributed by atoms with Crippen LogP contribution in [0.2, 0.25) is 0 Å². The highest BCUT2D eigenvalue weighted by Gasteiger charge is 2.30. The molecule has 2 heterocycles. The van der Waals surface area contributed by atoms with Crippen molar-refractivity contribution in [2.24, 2.45) is 5.73 Å². The van der Waals surface area contributed by atoms with Crippen molar-refractivity contribution in [2.75, 3.05) is 7.11 Å². The van der Waals surface area contributed by atoms with Gasteiger partial charge in [-0.1, -0.05) is 6.07 Å². The summed E-state index contributed by atoms with van der Waals surface area (Å²) in [6.45, 7) is 0. The average molecular weight is 315 g/mol. The first-order chi connectivity index (χ1) is 11.1. The first-order valence-corrected chi connectivity index (χ1v) is 7.25. The Labute approximate surface area is 132 Å². The Morgan fingerprint density at radius 2 is 2.26 bits per heavy atom. The third kappa shape index (κ3) is 3.09. The molecule has 23 heavy (non-hydrogen) atoms. The summed E-state index contributed by atoms with van der Waals surface area (Å²) in [6, 6.07) is 4.84. The quantitative estimate of drug-likeness (QED) is 0.800. The standard InChI is InChI=1S/C16H17N3O4/c1-22-16(12-4-5-14(20)19-12)23-13-8-18-7-10-3-2-9(15(17)21)6-11(10)13/h2-3,6-8,12,16H,4-5H2,1H3,(H2,17,21)(H,19,20)/t12-,16-/m0/s1. The molecule has 2 aromatic rings. The number of carbonyl (C=O) groups excluding carboxylic acids is 2. The highest BCUT2D eigenvalue weighted by atomic mass is 16.7. The summed E-state index contributed by atoms with van der Waals surface area (Å²) < 4.78 is 11.2. The molecule has 0 unspecified atom stereocenters. The van der Waals surface area contributed by atoms with E-state index in [1.165, 1.54) is 7.11 Å². The van der Waals surface area contributed by atoms with Crippen molar-refractivity contribution in [1.29, 1.82) is 0 Å². The lowest BCUT2D eigenvalue weighted by Gasteiger charge is -2.23. The van der Waals surface area contributed by atoms with Crippen molar-refractivity contribution < 1.29 is 19.1 Å². The SMILES string of the molecule is CO[C@@H](Oc1cncc2ccc(C(N)=O)cc12)[C@@H]1CCC(=O)N1. The molecule has 0 radical (unpaired) electrons. The van der Waals surface area contributed by atoms with Crippen molar-refractivity contribution in [3.05, 3.63) is 36.2 Å². The van der Waals surface area contributed by atoms with Crippen LogP contribution in [0.4, 0.5) is 0 Å².